The molecule has 130 valence electrons. The second kappa shape index (κ2) is 7.92. The molecule has 0 bridgehead atoms. The lowest BCUT2D eigenvalue weighted by Crippen LogP contribution is -2.44. The van der Waals surface area contributed by atoms with E-state index in [4.69, 9.17) is 9.84 Å². The summed E-state index contributed by atoms with van der Waals surface area (Å²) in [6.45, 7) is 9.66. The molecule has 2 heterocycles. The van der Waals surface area contributed by atoms with Crippen LogP contribution in [-0.4, -0.2) is 54.1 Å². The van der Waals surface area contributed by atoms with Crippen LogP contribution in [0.3, 0.4) is 0 Å². The molecule has 0 radical (unpaired) electrons. The van der Waals surface area contributed by atoms with Crippen molar-refractivity contribution in [1.29, 1.82) is 0 Å². The Morgan fingerprint density at radius 3 is 2.79 bits per heavy atom. The van der Waals surface area contributed by atoms with Crippen molar-refractivity contribution < 1.29 is 4.74 Å². The van der Waals surface area contributed by atoms with Crippen molar-refractivity contribution in [2.24, 2.45) is 0 Å². The molecule has 0 saturated carbocycles. The number of likely N-dealkylation sites (N-methyl/N-ethyl adjacent to an activating group) is 1. The van der Waals surface area contributed by atoms with Crippen molar-refractivity contribution in [2.45, 2.75) is 33.0 Å². The van der Waals surface area contributed by atoms with E-state index in [9.17, 15) is 0 Å². The van der Waals surface area contributed by atoms with Crippen LogP contribution in [0.1, 0.15) is 22.5 Å². The maximum absolute atomic E-state index is 5.81. The molecular weight excluding hydrogens is 300 g/mol. The molecule has 3 rings (SSSR count). The first kappa shape index (κ1) is 17.1. The molecule has 0 spiro atoms. The fourth-order valence-electron chi connectivity index (χ4n) is 3.25. The molecule has 0 amide bonds. The quantitative estimate of drug-likeness (QED) is 0.880. The molecule has 1 aliphatic heterocycles. The highest BCUT2D eigenvalue weighted by Gasteiger charge is 2.18. The first-order valence-corrected chi connectivity index (χ1v) is 8.71. The van der Waals surface area contributed by atoms with E-state index in [-0.39, 0.29) is 6.10 Å². The van der Waals surface area contributed by atoms with Gasteiger partial charge >= 0.3 is 0 Å². The molecule has 1 aromatic carbocycles. The van der Waals surface area contributed by atoms with Gasteiger partial charge in [-0.15, -0.1) is 0 Å². The largest absolute Gasteiger partial charge is 0.374 e. The van der Waals surface area contributed by atoms with Crippen LogP contribution in [0.25, 0.3) is 0 Å². The Balaban J connectivity index is 1.58. The van der Waals surface area contributed by atoms with Crippen molar-refractivity contribution in [3.63, 3.8) is 0 Å². The van der Waals surface area contributed by atoms with Crippen molar-refractivity contribution in [3.05, 3.63) is 52.8 Å². The van der Waals surface area contributed by atoms with Gasteiger partial charge in [0.2, 0.25) is 0 Å². The number of aromatic nitrogens is 2. The molecule has 5 nitrogen and oxygen atoms in total. The van der Waals surface area contributed by atoms with Gasteiger partial charge in [0, 0.05) is 37.4 Å². The van der Waals surface area contributed by atoms with Gasteiger partial charge in [0.05, 0.1) is 24.9 Å². The highest BCUT2D eigenvalue weighted by Crippen LogP contribution is 2.15. The number of nitrogens with zero attached hydrogens (tertiary/aromatic N) is 3. The van der Waals surface area contributed by atoms with Crippen molar-refractivity contribution in [1.82, 2.24) is 20.0 Å². The summed E-state index contributed by atoms with van der Waals surface area (Å²) in [6.07, 6.45) is 0.281. The van der Waals surface area contributed by atoms with Crippen LogP contribution < -0.4 is 5.32 Å². The second-order valence-corrected chi connectivity index (χ2v) is 6.68. The third-order valence-corrected chi connectivity index (χ3v) is 4.72. The van der Waals surface area contributed by atoms with Gasteiger partial charge in [-0.05, 0) is 26.5 Å². The molecule has 1 fully saturated rings. The molecule has 5 heteroatoms. The Hall–Kier alpha value is -1.69. The smallest absolute Gasteiger partial charge is 0.0826 e. The number of hydrogen-bond acceptors (Lipinski definition) is 4. The lowest BCUT2D eigenvalue weighted by Gasteiger charge is -2.30. The molecule has 1 N–H and O–H groups in total. The first-order valence-electron chi connectivity index (χ1n) is 8.71. The molecule has 0 unspecified atom stereocenters. The lowest BCUT2D eigenvalue weighted by atomic mass is 10.2. The van der Waals surface area contributed by atoms with Gasteiger partial charge in [-0.2, -0.15) is 5.10 Å². The fraction of sp³-hybridized carbons (Fsp3) is 0.526. The van der Waals surface area contributed by atoms with E-state index in [0.717, 1.165) is 45.0 Å². The minimum Gasteiger partial charge on any atom is -0.374 e. The number of benzene rings is 1. The van der Waals surface area contributed by atoms with Gasteiger partial charge in [-0.1, -0.05) is 30.3 Å². The maximum Gasteiger partial charge on any atom is 0.0826 e. The van der Waals surface area contributed by atoms with E-state index in [0.29, 0.717) is 0 Å². The number of aryl methyl sites for hydroxylation is 1. The molecule has 1 atom stereocenters. The Morgan fingerprint density at radius 2 is 2.04 bits per heavy atom. The Labute approximate surface area is 144 Å². The van der Waals surface area contributed by atoms with Crippen molar-refractivity contribution in [3.8, 4) is 0 Å². The summed E-state index contributed by atoms with van der Waals surface area (Å²) in [4.78, 5) is 2.32. The summed E-state index contributed by atoms with van der Waals surface area (Å²) in [5, 5.41) is 8.27. The van der Waals surface area contributed by atoms with Crippen LogP contribution in [0.2, 0.25) is 0 Å². The number of hydrogen-bond donors (Lipinski definition) is 1. The fourth-order valence-corrected chi connectivity index (χ4v) is 3.25. The third kappa shape index (κ3) is 4.23. The third-order valence-electron chi connectivity index (χ3n) is 4.72. The number of morpholine rings is 1. The standard InChI is InChI=1S/C19H28N4O/c1-15-19(12-20-11-18-14-22(3)9-10-24-18)16(2)23(21-15)13-17-7-5-4-6-8-17/h4-8,18,20H,9-14H2,1-3H3/t18-/m0/s1. The average molecular weight is 328 g/mol. The maximum atomic E-state index is 5.81. The van der Waals surface area contributed by atoms with Gasteiger partial charge < -0.3 is 15.0 Å². The van der Waals surface area contributed by atoms with Crippen LogP contribution in [-0.2, 0) is 17.8 Å². The monoisotopic (exact) mass is 328 g/mol. The topological polar surface area (TPSA) is 42.3 Å². The molecule has 1 saturated heterocycles. The molecular formula is C19H28N4O. The number of rotatable bonds is 6. The van der Waals surface area contributed by atoms with E-state index in [1.807, 2.05) is 6.07 Å². The number of ether oxygens (including phenoxy) is 1. The van der Waals surface area contributed by atoms with Crippen LogP contribution in [0.5, 0.6) is 0 Å². The van der Waals surface area contributed by atoms with Gasteiger partial charge in [-0.3, -0.25) is 4.68 Å². The Morgan fingerprint density at radius 1 is 1.25 bits per heavy atom. The zero-order valence-corrected chi connectivity index (χ0v) is 15.0. The molecule has 24 heavy (non-hydrogen) atoms. The summed E-state index contributed by atoms with van der Waals surface area (Å²) < 4.78 is 7.91. The zero-order valence-electron chi connectivity index (χ0n) is 15.0. The van der Waals surface area contributed by atoms with Crippen LogP contribution in [0.15, 0.2) is 30.3 Å². The summed E-state index contributed by atoms with van der Waals surface area (Å²) >= 11 is 0. The first-order chi connectivity index (χ1) is 11.6. The predicted molar refractivity (Wildman–Crippen MR) is 96.2 cm³/mol. The van der Waals surface area contributed by atoms with E-state index in [2.05, 4.69) is 60.1 Å². The van der Waals surface area contributed by atoms with E-state index < -0.39 is 0 Å². The SMILES string of the molecule is Cc1nn(Cc2ccccc2)c(C)c1CNC[C@H]1CN(C)CCO1. The zero-order chi connectivity index (χ0) is 16.9. The average Bonchev–Trinajstić information content (AvgIpc) is 2.83. The van der Waals surface area contributed by atoms with Gasteiger partial charge in [0.1, 0.15) is 0 Å². The molecule has 1 aliphatic rings. The summed E-state index contributed by atoms with van der Waals surface area (Å²) in [7, 11) is 2.15. The Bertz CT molecular complexity index is 653. The Kier molecular flexibility index (Phi) is 5.66. The number of nitrogens with one attached hydrogen (secondary N) is 1. The summed E-state index contributed by atoms with van der Waals surface area (Å²) in [6, 6.07) is 10.5. The minimum absolute atomic E-state index is 0.281. The molecule has 0 aliphatic carbocycles. The normalized spacial score (nSPS) is 18.9. The van der Waals surface area contributed by atoms with Crippen LogP contribution >= 0.6 is 0 Å². The predicted octanol–water partition coefficient (Wildman–Crippen LogP) is 1.97. The molecule has 1 aromatic heterocycles. The van der Waals surface area contributed by atoms with E-state index >= 15 is 0 Å². The van der Waals surface area contributed by atoms with Gasteiger partial charge in [-0.25, -0.2) is 0 Å². The van der Waals surface area contributed by atoms with Gasteiger partial charge in [0.25, 0.3) is 0 Å². The lowest BCUT2D eigenvalue weighted by molar-refractivity contribution is -0.0182. The summed E-state index contributed by atoms with van der Waals surface area (Å²) in [5.41, 5.74) is 4.93. The van der Waals surface area contributed by atoms with Crippen LogP contribution in [0.4, 0.5) is 0 Å². The highest BCUT2D eigenvalue weighted by molar-refractivity contribution is 5.26. The highest BCUT2D eigenvalue weighted by atomic mass is 16.5. The van der Waals surface area contributed by atoms with Crippen LogP contribution in [0, 0.1) is 13.8 Å². The summed E-state index contributed by atoms with van der Waals surface area (Å²) in [5.74, 6) is 0. The van der Waals surface area contributed by atoms with Crippen molar-refractivity contribution >= 4 is 0 Å². The van der Waals surface area contributed by atoms with E-state index in [1.165, 1.54) is 16.8 Å². The molecule has 2 aromatic rings. The minimum atomic E-state index is 0.281. The van der Waals surface area contributed by atoms with Gasteiger partial charge in [0.15, 0.2) is 0 Å². The second-order valence-electron chi connectivity index (χ2n) is 6.68. The van der Waals surface area contributed by atoms with Crippen molar-refractivity contribution in [2.75, 3.05) is 33.3 Å². The van der Waals surface area contributed by atoms with E-state index in [1.54, 1.807) is 0 Å².